The molecule has 0 rings (SSSR count). The Labute approximate surface area is 251 Å². The van der Waals surface area contributed by atoms with Crippen LogP contribution in [-0.4, -0.2) is 62.4 Å². The SMILES string of the molecule is CCCCCCCCCCC/C=C/CCCCCC[N+](C(CCC)C(=O)O)(C(CCC)C(=O)O)C(CCC)C(=O)O. The predicted molar refractivity (Wildman–Crippen MR) is 168 cm³/mol. The lowest BCUT2D eigenvalue weighted by atomic mass is 9.91. The molecule has 3 atom stereocenters. The Morgan fingerprint density at radius 3 is 1.12 bits per heavy atom. The molecular formula is C34H64NO6+. The van der Waals surface area contributed by atoms with E-state index in [1.54, 1.807) is 0 Å². The maximum absolute atomic E-state index is 12.6. The van der Waals surface area contributed by atoms with Gasteiger partial charge in [-0.3, -0.25) is 4.48 Å². The number of carboxylic acids is 3. The van der Waals surface area contributed by atoms with Gasteiger partial charge in [0.05, 0.1) is 6.54 Å². The summed E-state index contributed by atoms with van der Waals surface area (Å²) in [6.45, 7) is 8.14. The highest BCUT2D eigenvalue weighted by atomic mass is 16.4. The Morgan fingerprint density at radius 2 is 0.805 bits per heavy atom. The van der Waals surface area contributed by atoms with E-state index in [2.05, 4.69) is 19.1 Å². The third-order valence-corrected chi connectivity index (χ3v) is 8.59. The van der Waals surface area contributed by atoms with Crippen LogP contribution in [0.5, 0.6) is 0 Å². The van der Waals surface area contributed by atoms with Crippen molar-refractivity contribution in [1.29, 1.82) is 0 Å². The summed E-state index contributed by atoms with van der Waals surface area (Å²) in [4.78, 5) is 37.7. The van der Waals surface area contributed by atoms with E-state index in [1.807, 2.05) is 20.8 Å². The maximum Gasteiger partial charge on any atom is 0.362 e. The Morgan fingerprint density at radius 1 is 0.488 bits per heavy atom. The Balaban J connectivity index is 5.06. The fourth-order valence-electron chi connectivity index (χ4n) is 6.46. The summed E-state index contributed by atoms with van der Waals surface area (Å²) in [6, 6.07) is -3.15. The molecule has 3 unspecified atom stereocenters. The van der Waals surface area contributed by atoms with Gasteiger partial charge in [0.15, 0.2) is 18.1 Å². The maximum atomic E-state index is 12.6. The zero-order chi connectivity index (χ0) is 30.9. The summed E-state index contributed by atoms with van der Waals surface area (Å²) in [5.74, 6) is -3.27. The average Bonchev–Trinajstić information content (AvgIpc) is 2.93. The molecule has 0 saturated heterocycles. The summed E-state index contributed by atoms with van der Waals surface area (Å²) >= 11 is 0. The second kappa shape index (κ2) is 24.7. The first-order valence-electron chi connectivity index (χ1n) is 16.9. The zero-order valence-corrected chi connectivity index (χ0v) is 27.0. The molecule has 0 aromatic rings. The summed E-state index contributed by atoms with van der Waals surface area (Å²) in [7, 11) is 0. The van der Waals surface area contributed by atoms with E-state index < -0.39 is 36.0 Å². The summed E-state index contributed by atoms with van der Waals surface area (Å²) in [5, 5.41) is 30.8. The minimum atomic E-state index is -1.09. The highest BCUT2D eigenvalue weighted by Crippen LogP contribution is 2.34. The van der Waals surface area contributed by atoms with Crippen molar-refractivity contribution in [3.63, 3.8) is 0 Å². The number of carboxylic acid groups (broad SMARTS) is 3. The van der Waals surface area contributed by atoms with Crippen molar-refractivity contribution in [2.24, 2.45) is 0 Å². The van der Waals surface area contributed by atoms with Gasteiger partial charge in [0, 0.05) is 19.3 Å². The van der Waals surface area contributed by atoms with Crippen LogP contribution in [0.15, 0.2) is 12.2 Å². The quantitative estimate of drug-likeness (QED) is 0.0461. The van der Waals surface area contributed by atoms with Crippen molar-refractivity contribution >= 4 is 17.9 Å². The second-order valence-corrected chi connectivity index (χ2v) is 11.9. The average molecular weight is 583 g/mol. The van der Waals surface area contributed by atoms with Crippen LogP contribution in [0.3, 0.4) is 0 Å². The van der Waals surface area contributed by atoms with Gasteiger partial charge in [-0.1, -0.05) is 97.6 Å². The van der Waals surface area contributed by atoms with Gasteiger partial charge in [-0.25, -0.2) is 14.4 Å². The van der Waals surface area contributed by atoms with E-state index in [0.717, 1.165) is 32.1 Å². The van der Waals surface area contributed by atoms with Crippen LogP contribution >= 0.6 is 0 Å². The highest BCUT2D eigenvalue weighted by molar-refractivity contribution is 5.78. The molecule has 0 fully saturated rings. The number of quaternary nitrogens is 1. The first kappa shape index (κ1) is 39.1. The molecule has 240 valence electrons. The first-order chi connectivity index (χ1) is 19.7. The highest BCUT2D eigenvalue weighted by Gasteiger charge is 2.56. The van der Waals surface area contributed by atoms with Crippen LogP contribution in [0, 0.1) is 0 Å². The van der Waals surface area contributed by atoms with E-state index in [-0.39, 0.29) is 30.3 Å². The lowest BCUT2D eigenvalue weighted by Gasteiger charge is -2.50. The van der Waals surface area contributed by atoms with Crippen LogP contribution in [0.25, 0.3) is 0 Å². The van der Waals surface area contributed by atoms with Crippen LogP contribution in [0.2, 0.25) is 0 Å². The van der Waals surface area contributed by atoms with Gasteiger partial charge < -0.3 is 15.3 Å². The van der Waals surface area contributed by atoms with Crippen molar-refractivity contribution < 1.29 is 34.2 Å². The molecule has 0 heterocycles. The van der Waals surface area contributed by atoms with E-state index in [9.17, 15) is 29.7 Å². The van der Waals surface area contributed by atoms with Gasteiger partial charge >= 0.3 is 17.9 Å². The van der Waals surface area contributed by atoms with Crippen molar-refractivity contribution in [2.45, 2.75) is 181 Å². The number of nitrogens with zero attached hydrogens (tertiary/aromatic N) is 1. The van der Waals surface area contributed by atoms with Gasteiger partial charge in [-0.2, -0.15) is 0 Å². The molecule has 0 bridgehead atoms. The van der Waals surface area contributed by atoms with E-state index in [4.69, 9.17) is 0 Å². The fraction of sp³-hybridized carbons (Fsp3) is 0.853. The van der Waals surface area contributed by atoms with Gasteiger partial charge in [0.25, 0.3) is 0 Å². The molecule has 0 aliphatic heterocycles. The topological polar surface area (TPSA) is 112 Å². The summed E-state index contributed by atoms with van der Waals surface area (Å²) in [5.41, 5.74) is 0. The number of allylic oxidation sites excluding steroid dienone is 2. The smallest absolute Gasteiger partial charge is 0.362 e. The molecule has 0 spiro atoms. The number of rotatable bonds is 29. The first-order valence-corrected chi connectivity index (χ1v) is 16.9. The second-order valence-electron chi connectivity index (χ2n) is 11.9. The number of aliphatic carboxylic acids is 3. The Hall–Kier alpha value is -1.89. The summed E-state index contributed by atoms with van der Waals surface area (Å²) in [6.07, 6.45) is 24.6. The molecule has 0 aliphatic carbocycles. The Kier molecular flexibility index (Phi) is 23.5. The van der Waals surface area contributed by atoms with Crippen molar-refractivity contribution in [3.05, 3.63) is 12.2 Å². The number of carbonyl (C=O) groups is 3. The monoisotopic (exact) mass is 582 g/mol. The van der Waals surface area contributed by atoms with Crippen LogP contribution in [0.4, 0.5) is 0 Å². The molecule has 7 heteroatoms. The molecule has 0 radical (unpaired) electrons. The molecule has 0 aromatic carbocycles. The lowest BCUT2D eigenvalue weighted by molar-refractivity contribution is -0.973. The molecule has 0 aliphatic rings. The molecule has 3 N–H and O–H groups in total. The van der Waals surface area contributed by atoms with Gasteiger partial charge in [0.1, 0.15) is 0 Å². The van der Waals surface area contributed by atoms with Crippen molar-refractivity contribution in [1.82, 2.24) is 0 Å². The van der Waals surface area contributed by atoms with E-state index in [1.165, 1.54) is 57.8 Å². The molecule has 41 heavy (non-hydrogen) atoms. The van der Waals surface area contributed by atoms with E-state index in [0.29, 0.717) is 25.7 Å². The van der Waals surface area contributed by atoms with Crippen molar-refractivity contribution in [3.8, 4) is 0 Å². The minimum absolute atomic E-state index is 0.263. The Bertz CT molecular complexity index is 662. The van der Waals surface area contributed by atoms with Crippen LogP contribution < -0.4 is 0 Å². The molecule has 0 amide bonds. The fourth-order valence-corrected chi connectivity index (χ4v) is 6.46. The lowest BCUT2D eigenvalue weighted by Crippen LogP contribution is -2.72. The van der Waals surface area contributed by atoms with Crippen molar-refractivity contribution in [2.75, 3.05) is 6.54 Å². The van der Waals surface area contributed by atoms with Gasteiger partial charge in [0.2, 0.25) is 0 Å². The molecule has 0 saturated carbocycles. The number of hydrogen-bond acceptors (Lipinski definition) is 3. The third-order valence-electron chi connectivity index (χ3n) is 8.59. The molecule has 0 aromatic heterocycles. The molecular weight excluding hydrogens is 518 g/mol. The zero-order valence-electron chi connectivity index (χ0n) is 27.0. The van der Waals surface area contributed by atoms with Gasteiger partial charge in [-0.05, 0) is 57.8 Å². The predicted octanol–water partition coefficient (Wildman–Crippen LogP) is 8.99. The number of hydrogen-bond donors (Lipinski definition) is 3. The number of unbranched alkanes of at least 4 members (excludes halogenated alkanes) is 13. The minimum Gasteiger partial charge on any atom is -0.477 e. The normalized spacial score (nSPS) is 15.4. The standard InChI is InChI=1S/C34H63NO6/c1-5-9-10-11-12-13-14-15-16-17-18-19-20-21-22-23-24-28-35(29(25-6-2)32(36)37,30(26-7-3)33(38)39)31(27-8-4)34(40)41/h18-19,29-31H,5-17,20-28H2,1-4H3,(H2-,36,37,38,39,40,41)/p+1/b19-18+. The largest absolute Gasteiger partial charge is 0.477 e. The third kappa shape index (κ3) is 15.2. The molecule has 7 nitrogen and oxygen atoms in total. The van der Waals surface area contributed by atoms with Crippen LogP contribution in [-0.2, 0) is 14.4 Å². The summed E-state index contributed by atoms with van der Waals surface area (Å²) < 4.78 is -0.381. The van der Waals surface area contributed by atoms with Crippen LogP contribution in [0.1, 0.15) is 163 Å². The van der Waals surface area contributed by atoms with E-state index >= 15 is 0 Å². The van der Waals surface area contributed by atoms with Gasteiger partial charge in [-0.15, -0.1) is 0 Å².